The summed E-state index contributed by atoms with van der Waals surface area (Å²) < 4.78 is 5.59. The van der Waals surface area contributed by atoms with Crippen molar-refractivity contribution in [2.45, 2.75) is 39.8 Å². The molecule has 0 saturated heterocycles. The molecule has 0 unspecified atom stereocenters. The zero-order valence-electron chi connectivity index (χ0n) is 12.4. The largest absolute Gasteiger partial charge is 0.377 e. The van der Waals surface area contributed by atoms with Gasteiger partial charge in [0.25, 0.3) is 0 Å². The van der Waals surface area contributed by atoms with Crippen molar-refractivity contribution < 1.29 is 4.74 Å². The number of guanidine groups is 1. The topological polar surface area (TPSA) is 59.6 Å². The van der Waals surface area contributed by atoms with Gasteiger partial charge in [-0.2, -0.15) is 0 Å². The van der Waals surface area contributed by atoms with Crippen molar-refractivity contribution in [1.82, 2.24) is 5.32 Å². The molecule has 1 aromatic carbocycles. The number of benzene rings is 1. The van der Waals surface area contributed by atoms with Crippen LogP contribution in [0, 0.1) is 0 Å². The first-order valence-electron chi connectivity index (χ1n) is 6.96. The van der Waals surface area contributed by atoms with Crippen LogP contribution < -0.4 is 11.1 Å². The summed E-state index contributed by atoms with van der Waals surface area (Å²) in [6, 6.07) is 8.19. The Morgan fingerprint density at radius 2 is 1.90 bits per heavy atom. The molecule has 1 aromatic rings. The Kier molecular flexibility index (Phi) is 11.5. The van der Waals surface area contributed by atoms with Crippen LogP contribution in [0.5, 0.6) is 0 Å². The molecule has 0 heterocycles. The standard InChI is InChI=1S/C15H25N3O.HI/c1-3-9-17-15(16)18-11-13-7-5-6-8-14(13)12-19-10-4-2;/h5-8H,3-4,9-12H2,1-2H3,(H3,16,17,18);1H. The first-order valence-corrected chi connectivity index (χ1v) is 6.96. The molecule has 0 atom stereocenters. The van der Waals surface area contributed by atoms with Crippen molar-refractivity contribution in [1.29, 1.82) is 0 Å². The van der Waals surface area contributed by atoms with Crippen molar-refractivity contribution in [3.05, 3.63) is 35.4 Å². The fourth-order valence-corrected chi connectivity index (χ4v) is 1.66. The van der Waals surface area contributed by atoms with Crippen molar-refractivity contribution in [2.24, 2.45) is 10.7 Å². The molecular weight excluding hydrogens is 365 g/mol. The predicted octanol–water partition coefficient (Wildman–Crippen LogP) is 3.05. The lowest BCUT2D eigenvalue weighted by Crippen LogP contribution is -2.32. The monoisotopic (exact) mass is 391 g/mol. The van der Waals surface area contributed by atoms with E-state index in [9.17, 15) is 0 Å². The highest BCUT2D eigenvalue weighted by Gasteiger charge is 2.01. The molecule has 0 amide bonds. The summed E-state index contributed by atoms with van der Waals surface area (Å²) in [4.78, 5) is 4.35. The number of hydrogen-bond acceptors (Lipinski definition) is 2. The Morgan fingerprint density at radius 1 is 1.20 bits per heavy atom. The van der Waals surface area contributed by atoms with E-state index in [1.165, 1.54) is 11.1 Å². The minimum Gasteiger partial charge on any atom is -0.377 e. The second-order valence-electron chi connectivity index (χ2n) is 4.45. The average molecular weight is 391 g/mol. The van der Waals surface area contributed by atoms with Gasteiger partial charge in [-0.1, -0.05) is 38.1 Å². The normalized spacial score (nSPS) is 11.0. The third-order valence-electron chi connectivity index (χ3n) is 2.70. The number of nitrogens with one attached hydrogen (secondary N) is 1. The van der Waals surface area contributed by atoms with Crippen LogP contribution in [0.15, 0.2) is 29.3 Å². The SMILES string of the molecule is CCCNC(N)=NCc1ccccc1COCCC.I. The van der Waals surface area contributed by atoms with Gasteiger partial charge in [-0.05, 0) is 24.0 Å². The molecule has 0 aliphatic rings. The summed E-state index contributed by atoms with van der Waals surface area (Å²) in [7, 11) is 0. The summed E-state index contributed by atoms with van der Waals surface area (Å²) in [5.41, 5.74) is 8.14. The van der Waals surface area contributed by atoms with Gasteiger partial charge in [0.15, 0.2) is 5.96 Å². The summed E-state index contributed by atoms with van der Waals surface area (Å²) in [6.07, 6.45) is 2.08. The van der Waals surface area contributed by atoms with Crippen LogP contribution in [0.25, 0.3) is 0 Å². The average Bonchev–Trinajstić information content (AvgIpc) is 2.44. The van der Waals surface area contributed by atoms with E-state index in [4.69, 9.17) is 10.5 Å². The van der Waals surface area contributed by atoms with Gasteiger partial charge in [0.1, 0.15) is 0 Å². The van der Waals surface area contributed by atoms with E-state index in [1.54, 1.807) is 0 Å². The molecule has 0 aliphatic heterocycles. The van der Waals surface area contributed by atoms with Gasteiger partial charge >= 0.3 is 0 Å². The maximum absolute atomic E-state index is 5.79. The minimum absolute atomic E-state index is 0. The van der Waals surface area contributed by atoms with E-state index in [0.29, 0.717) is 19.1 Å². The number of rotatable bonds is 8. The zero-order valence-corrected chi connectivity index (χ0v) is 14.7. The maximum atomic E-state index is 5.79. The number of hydrogen-bond donors (Lipinski definition) is 2. The number of nitrogens with two attached hydrogens (primary N) is 1. The lowest BCUT2D eigenvalue weighted by molar-refractivity contribution is 0.121. The summed E-state index contributed by atoms with van der Waals surface area (Å²) in [5, 5.41) is 3.07. The maximum Gasteiger partial charge on any atom is 0.188 e. The minimum atomic E-state index is 0. The molecule has 114 valence electrons. The van der Waals surface area contributed by atoms with Gasteiger partial charge in [0.2, 0.25) is 0 Å². The fourth-order valence-electron chi connectivity index (χ4n) is 1.66. The fraction of sp³-hybridized carbons (Fsp3) is 0.533. The van der Waals surface area contributed by atoms with Gasteiger partial charge < -0.3 is 15.8 Å². The highest BCUT2D eigenvalue weighted by molar-refractivity contribution is 14.0. The van der Waals surface area contributed by atoms with Crippen molar-refractivity contribution >= 4 is 29.9 Å². The van der Waals surface area contributed by atoms with Gasteiger partial charge in [-0.15, -0.1) is 24.0 Å². The third-order valence-corrected chi connectivity index (χ3v) is 2.70. The van der Waals surface area contributed by atoms with Gasteiger partial charge in [0, 0.05) is 13.2 Å². The molecule has 0 saturated carbocycles. The first kappa shape index (κ1) is 19.2. The highest BCUT2D eigenvalue weighted by Crippen LogP contribution is 2.11. The van der Waals surface area contributed by atoms with Crippen molar-refractivity contribution in [3.8, 4) is 0 Å². The summed E-state index contributed by atoms with van der Waals surface area (Å²) in [5.74, 6) is 0.506. The lowest BCUT2D eigenvalue weighted by Gasteiger charge is -2.09. The van der Waals surface area contributed by atoms with Gasteiger partial charge in [-0.25, -0.2) is 4.99 Å². The van der Waals surface area contributed by atoms with E-state index in [0.717, 1.165) is 26.0 Å². The molecule has 0 fully saturated rings. The molecule has 4 nitrogen and oxygen atoms in total. The number of aliphatic imine (C=N–C) groups is 1. The van der Waals surface area contributed by atoms with Crippen LogP contribution in [-0.4, -0.2) is 19.1 Å². The molecule has 20 heavy (non-hydrogen) atoms. The Labute approximate surface area is 139 Å². The van der Waals surface area contributed by atoms with E-state index in [1.807, 2.05) is 12.1 Å². The highest BCUT2D eigenvalue weighted by atomic mass is 127. The molecule has 0 bridgehead atoms. The number of halogens is 1. The summed E-state index contributed by atoms with van der Waals surface area (Å²) >= 11 is 0. The van der Waals surface area contributed by atoms with Crippen LogP contribution >= 0.6 is 24.0 Å². The Hall–Kier alpha value is -0.820. The van der Waals surface area contributed by atoms with E-state index < -0.39 is 0 Å². The smallest absolute Gasteiger partial charge is 0.188 e. The Bertz CT molecular complexity index is 396. The van der Waals surface area contributed by atoms with Crippen molar-refractivity contribution in [3.63, 3.8) is 0 Å². The van der Waals surface area contributed by atoms with Crippen molar-refractivity contribution in [2.75, 3.05) is 13.2 Å². The molecular formula is C15H26IN3O. The molecule has 5 heteroatoms. The molecule has 0 radical (unpaired) electrons. The Morgan fingerprint density at radius 3 is 2.55 bits per heavy atom. The molecule has 1 rings (SSSR count). The van der Waals surface area contributed by atoms with Crippen LogP contribution in [0.1, 0.15) is 37.8 Å². The summed E-state index contributed by atoms with van der Waals surface area (Å²) in [6.45, 7) is 7.08. The number of ether oxygens (including phenoxy) is 1. The second kappa shape index (κ2) is 12.0. The van der Waals surface area contributed by atoms with Crippen LogP contribution in [-0.2, 0) is 17.9 Å². The van der Waals surface area contributed by atoms with Gasteiger partial charge in [-0.3, -0.25) is 0 Å². The Balaban J connectivity index is 0.00000361. The molecule has 0 spiro atoms. The second-order valence-corrected chi connectivity index (χ2v) is 4.45. The predicted molar refractivity (Wildman–Crippen MR) is 95.4 cm³/mol. The first-order chi connectivity index (χ1) is 9.27. The zero-order chi connectivity index (χ0) is 13.9. The number of nitrogens with zero attached hydrogens (tertiary/aromatic N) is 1. The van der Waals surface area contributed by atoms with E-state index in [-0.39, 0.29) is 24.0 Å². The molecule has 0 aliphatic carbocycles. The molecule has 3 N–H and O–H groups in total. The van der Waals surface area contributed by atoms with Crippen LogP contribution in [0.4, 0.5) is 0 Å². The quantitative estimate of drug-likeness (QED) is 0.310. The molecule has 0 aromatic heterocycles. The van der Waals surface area contributed by atoms with Crippen LogP contribution in [0.3, 0.4) is 0 Å². The van der Waals surface area contributed by atoms with Crippen LogP contribution in [0.2, 0.25) is 0 Å². The van der Waals surface area contributed by atoms with Gasteiger partial charge in [0.05, 0.1) is 13.2 Å². The third kappa shape index (κ3) is 7.69. The van der Waals surface area contributed by atoms with E-state index in [2.05, 4.69) is 36.3 Å². The van der Waals surface area contributed by atoms with E-state index >= 15 is 0 Å². The lowest BCUT2D eigenvalue weighted by atomic mass is 10.1.